The molecule has 2 aromatic rings. The second-order valence-electron chi connectivity index (χ2n) is 4.20. The fourth-order valence-electron chi connectivity index (χ4n) is 1.63. The fourth-order valence-corrected chi connectivity index (χ4v) is 3.09. The van der Waals surface area contributed by atoms with E-state index in [0.29, 0.717) is 5.02 Å². The van der Waals surface area contributed by atoms with Gasteiger partial charge < -0.3 is 4.52 Å². The molecule has 0 saturated carbocycles. The van der Waals surface area contributed by atoms with Crippen molar-refractivity contribution >= 4 is 27.3 Å². The van der Waals surface area contributed by atoms with Crippen molar-refractivity contribution in [2.75, 3.05) is 0 Å². The summed E-state index contributed by atoms with van der Waals surface area (Å²) in [6, 6.07) is 6.85. The van der Waals surface area contributed by atoms with E-state index in [-0.39, 0.29) is 16.3 Å². The van der Waals surface area contributed by atoms with Crippen LogP contribution in [0.3, 0.4) is 0 Å². The highest BCUT2D eigenvalue weighted by Crippen LogP contribution is 2.29. The van der Waals surface area contributed by atoms with Gasteiger partial charge in [0.2, 0.25) is 0 Å². The number of halogens is 1. The predicted octanol–water partition coefficient (Wildman–Crippen LogP) is 1.98. The quantitative estimate of drug-likeness (QED) is 0.655. The van der Waals surface area contributed by atoms with Crippen LogP contribution in [0, 0.1) is 0 Å². The van der Waals surface area contributed by atoms with Crippen molar-refractivity contribution in [1.82, 2.24) is 10.6 Å². The van der Waals surface area contributed by atoms with Crippen LogP contribution in [-0.4, -0.2) is 24.7 Å². The van der Waals surface area contributed by atoms with Crippen molar-refractivity contribution in [3.8, 4) is 0 Å². The summed E-state index contributed by atoms with van der Waals surface area (Å²) in [5.74, 6) is -0.898. The van der Waals surface area contributed by atoms with Crippen LogP contribution in [0.4, 0.5) is 0 Å². The summed E-state index contributed by atoms with van der Waals surface area (Å²) in [5, 5.41) is 11.3. The lowest BCUT2D eigenvalue weighted by molar-refractivity contribution is 0.0696. The average molecular weight is 331 g/mol. The minimum absolute atomic E-state index is 0.0106. The van der Waals surface area contributed by atoms with E-state index in [4.69, 9.17) is 21.3 Å². The zero-order valence-corrected chi connectivity index (χ0v) is 12.4. The van der Waals surface area contributed by atoms with Gasteiger partial charge in [0, 0.05) is 11.1 Å². The molecule has 2 N–H and O–H groups in total. The number of benzene rings is 1. The molecule has 0 aliphatic rings. The Balaban J connectivity index is 2.34. The van der Waals surface area contributed by atoms with Crippen LogP contribution in [0.15, 0.2) is 39.8 Å². The van der Waals surface area contributed by atoms with E-state index >= 15 is 0 Å². The molecule has 0 spiro atoms. The lowest BCUT2D eigenvalue weighted by Crippen LogP contribution is -2.18. The molecule has 0 aliphatic heterocycles. The predicted molar refractivity (Wildman–Crippen MR) is 72.8 cm³/mol. The van der Waals surface area contributed by atoms with E-state index in [0.717, 1.165) is 6.07 Å². The van der Waals surface area contributed by atoms with E-state index in [1.165, 1.54) is 36.7 Å². The van der Waals surface area contributed by atoms with Gasteiger partial charge in [-0.1, -0.05) is 16.8 Å². The Bertz CT molecular complexity index is 754. The maximum atomic E-state index is 12.4. The Morgan fingerprint density at radius 1 is 1.38 bits per heavy atom. The maximum absolute atomic E-state index is 12.4. The number of aromatic nitrogens is 1. The molecule has 0 bridgehead atoms. The normalized spacial score (nSPS) is 12.9. The van der Waals surface area contributed by atoms with Crippen LogP contribution in [0.5, 0.6) is 0 Å². The highest BCUT2D eigenvalue weighted by molar-refractivity contribution is 7.91. The first-order chi connectivity index (χ1) is 9.86. The highest BCUT2D eigenvalue weighted by Gasteiger charge is 2.29. The molecular formula is C12H11ClN2O5S. The molecule has 112 valence electrons. The minimum atomic E-state index is -3.71. The first-order valence-corrected chi connectivity index (χ1v) is 7.69. The molecule has 2 rings (SSSR count). The molecular weight excluding hydrogens is 320 g/mol. The zero-order valence-electron chi connectivity index (χ0n) is 10.8. The maximum Gasteiger partial charge on any atom is 0.296 e. The molecule has 0 radical (unpaired) electrons. The number of amides is 1. The standard InChI is InChI=1S/C12H11ClN2O5S/c1-7(11-6-10(15-20-11)12(16)14-17)21(18,19)9-4-2-8(13)3-5-9/h2-7,17H,1H3,(H,14,16). The number of sulfone groups is 1. The second-order valence-corrected chi connectivity index (χ2v) is 6.90. The third kappa shape index (κ3) is 3.07. The first-order valence-electron chi connectivity index (χ1n) is 5.76. The molecule has 1 heterocycles. The third-order valence-corrected chi connectivity index (χ3v) is 5.22. The summed E-state index contributed by atoms with van der Waals surface area (Å²) >= 11 is 5.72. The molecule has 21 heavy (non-hydrogen) atoms. The van der Waals surface area contributed by atoms with Crippen molar-refractivity contribution in [3.05, 3.63) is 46.8 Å². The Morgan fingerprint density at radius 3 is 2.57 bits per heavy atom. The van der Waals surface area contributed by atoms with E-state index in [2.05, 4.69) is 5.16 Å². The number of hydrogen-bond acceptors (Lipinski definition) is 6. The van der Waals surface area contributed by atoms with Gasteiger partial charge in [-0.25, -0.2) is 13.9 Å². The lowest BCUT2D eigenvalue weighted by Gasteiger charge is -2.09. The Kier molecular flexibility index (Phi) is 4.31. The van der Waals surface area contributed by atoms with Crippen LogP contribution in [-0.2, 0) is 9.84 Å². The van der Waals surface area contributed by atoms with Gasteiger partial charge in [0.1, 0.15) is 5.25 Å². The number of nitrogens with zero attached hydrogens (tertiary/aromatic N) is 1. The number of nitrogens with one attached hydrogen (secondary N) is 1. The topological polar surface area (TPSA) is 110 Å². The van der Waals surface area contributed by atoms with Crippen LogP contribution >= 0.6 is 11.6 Å². The zero-order chi connectivity index (χ0) is 15.6. The summed E-state index contributed by atoms with van der Waals surface area (Å²) in [6.45, 7) is 1.41. The molecule has 0 fully saturated rings. The molecule has 0 saturated heterocycles. The molecule has 1 unspecified atom stereocenters. The number of carbonyl (C=O) groups is 1. The SMILES string of the molecule is CC(c1cc(C(=O)NO)no1)S(=O)(=O)c1ccc(Cl)cc1. The largest absolute Gasteiger partial charge is 0.359 e. The molecule has 1 atom stereocenters. The molecule has 7 nitrogen and oxygen atoms in total. The van der Waals surface area contributed by atoms with Crippen molar-refractivity contribution in [2.24, 2.45) is 0 Å². The Morgan fingerprint density at radius 2 is 2.00 bits per heavy atom. The van der Waals surface area contributed by atoms with Gasteiger partial charge in [-0.2, -0.15) is 0 Å². The molecule has 0 aliphatic carbocycles. The number of hydrogen-bond donors (Lipinski definition) is 2. The van der Waals surface area contributed by atoms with Crippen LogP contribution in [0.2, 0.25) is 5.02 Å². The number of carbonyl (C=O) groups excluding carboxylic acids is 1. The fraction of sp³-hybridized carbons (Fsp3) is 0.167. The van der Waals surface area contributed by atoms with Gasteiger partial charge in [-0.05, 0) is 31.2 Å². The Hall–Kier alpha value is -1.90. The smallest absolute Gasteiger partial charge is 0.296 e. The monoisotopic (exact) mass is 330 g/mol. The minimum Gasteiger partial charge on any atom is -0.359 e. The Labute approximate surface area is 125 Å². The van der Waals surface area contributed by atoms with Gasteiger partial charge in [-0.3, -0.25) is 10.0 Å². The highest BCUT2D eigenvalue weighted by atomic mass is 35.5. The van der Waals surface area contributed by atoms with E-state index in [9.17, 15) is 13.2 Å². The summed E-state index contributed by atoms with van der Waals surface area (Å²) < 4.78 is 29.7. The van der Waals surface area contributed by atoms with Crippen LogP contribution in [0.25, 0.3) is 0 Å². The van der Waals surface area contributed by atoms with Gasteiger partial charge in [-0.15, -0.1) is 0 Å². The first kappa shape index (κ1) is 15.5. The van der Waals surface area contributed by atoms with Crippen molar-refractivity contribution in [3.63, 3.8) is 0 Å². The van der Waals surface area contributed by atoms with Crippen molar-refractivity contribution < 1.29 is 22.9 Å². The summed E-state index contributed by atoms with van der Waals surface area (Å²) in [4.78, 5) is 11.2. The third-order valence-electron chi connectivity index (χ3n) is 2.87. The van der Waals surface area contributed by atoms with Gasteiger partial charge >= 0.3 is 0 Å². The van der Waals surface area contributed by atoms with Gasteiger partial charge in [0.15, 0.2) is 21.3 Å². The summed E-state index contributed by atoms with van der Waals surface area (Å²) in [7, 11) is -3.71. The molecule has 9 heteroatoms. The second kappa shape index (κ2) is 5.84. The molecule has 1 aromatic heterocycles. The van der Waals surface area contributed by atoms with E-state index in [1.54, 1.807) is 0 Å². The summed E-state index contributed by atoms with van der Waals surface area (Å²) in [5.41, 5.74) is 1.17. The number of hydroxylamine groups is 1. The van der Waals surface area contributed by atoms with Crippen molar-refractivity contribution in [2.45, 2.75) is 17.1 Å². The number of rotatable bonds is 4. The van der Waals surface area contributed by atoms with E-state index < -0.39 is 21.0 Å². The van der Waals surface area contributed by atoms with Gasteiger partial charge in [0.05, 0.1) is 4.90 Å². The summed E-state index contributed by atoms with van der Waals surface area (Å²) in [6.07, 6.45) is 0. The van der Waals surface area contributed by atoms with Crippen LogP contribution < -0.4 is 5.48 Å². The molecule has 1 aromatic carbocycles. The average Bonchev–Trinajstić information content (AvgIpc) is 2.95. The van der Waals surface area contributed by atoms with E-state index in [1.807, 2.05) is 0 Å². The van der Waals surface area contributed by atoms with Crippen molar-refractivity contribution in [1.29, 1.82) is 0 Å². The molecule has 1 amide bonds. The van der Waals surface area contributed by atoms with Gasteiger partial charge in [0.25, 0.3) is 5.91 Å². The van der Waals surface area contributed by atoms with Crippen LogP contribution in [0.1, 0.15) is 28.4 Å². The lowest BCUT2D eigenvalue weighted by atomic mass is 10.3.